The molecule has 1 amide bonds. The number of aryl methyl sites for hydroxylation is 1. The van der Waals surface area contributed by atoms with E-state index in [0.717, 1.165) is 25.0 Å². The predicted molar refractivity (Wildman–Crippen MR) is 124 cm³/mol. The van der Waals surface area contributed by atoms with Gasteiger partial charge in [-0.15, -0.1) is 0 Å². The summed E-state index contributed by atoms with van der Waals surface area (Å²) in [4.78, 5) is 32.9. The summed E-state index contributed by atoms with van der Waals surface area (Å²) in [6.07, 6.45) is 5.40. The van der Waals surface area contributed by atoms with Crippen molar-refractivity contribution in [1.29, 1.82) is 0 Å². The number of carbonyl (C=O) groups excluding carboxylic acids is 1. The number of nitrogens with one attached hydrogen (secondary N) is 1. The molecule has 1 atom stereocenters. The molecule has 30 heavy (non-hydrogen) atoms. The topological polar surface area (TPSA) is 75.9 Å². The molecule has 0 aliphatic carbocycles. The quantitative estimate of drug-likeness (QED) is 0.561. The summed E-state index contributed by atoms with van der Waals surface area (Å²) < 4.78 is 7.71. The van der Waals surface area contributed by atoms with Crippen LogP contribution < -0.4 is 10.9 Å². The van der Waals surface area contributed by atoms with Crippen molar-refractivity contribution in [3.05, 3.63) is 44.7 Å². The zero-order valence-electron chi connectivity index (χ0n) is 17.2. The van der Waals surface area contributed by atoms with Gasteiger partial charge < -0.3 is 10.1 Å². The Labute approximate surface area is 184 Å². The zero-order valence-corrected chi connectivity index (χ0v) is 18.8. The maximum atomic E-state index is 13.3. The summed E-state index contributed by atoms with van der Waals surface area (Å²) in [5.41, 5.74) is 1.60. The van der Waals surface area contributed by atoms with Crippen LogP contribution in [0.5, 0.6) is 0 Å². The van der Waals surface area contributed by atoms with Gasteiger partial charge in [-0.2, -0.15) is 0 Å². The summed E-state index contributed by atoms with van der Waals surface area (Å²) in [6.45, 7) is 7.06. The fourth-order valence-electron chi connectivity index (χ4n) is 3.65. The Morgan fingerprint density at radius 2 is 2.23 bits per heavy atom. The van der Waals surface area contributed by atoms with Gasteiger partial charge in [0, 0.05) is 25.4 Å². The van der Waals surface area contributed by atoms with Gasteiger partial charge in [-0.25, -0.2) is 4.98 Å². The number of rotatable bonds is 5. The summed E-state index contributed by atoms with van der Waals surface area (Å²) >= 11 is 6.58. The van der Waals surface area contributed by atoms with Crippen LogP contribution in [-0.4, -0.2) is 49.8 Å². The van der Waals surface area contributed by atoms with Crippen molar-refractivity contribution in [3.63, 3.8) is 0 Å². The Balaban J connectivity index is 1.80. The third kappa shape index (κ3) is 3.89. The Morgan fingerprint density at radius 1 is 1.43 bits per heavy atom. The molecule has 2 aromatic rings. The molecule has 2 saturated heterocycles. The van der Waals surface area contributed by atoms with Gasteiger partial charge in [0.15, 0.2) is 0 Å². The van der Waals surface area contributed by atoms with Gasteiger partial charge in [-0.05, 0) is 51.3 Å². The molecular weight excluding hydrogens is 420 g/mol. The second-order valence-corrected chi connectivity index (χ2v) is 9.40. The number of pyridine rings is 1. The Morgan fingerprint density at radius 3 is 2.90 bits per heavy atom. The first kappa shape index (κ1) is 21.0. The van der Waals surface area contributed by atoms with Gasteiger partial charge in [0.1, 0.15) is 15.8 Å². The monoisotopic (exact) mass is 444 g/mol. The lowest BCUT2D eigenvalue weighted by Gasteiger charge is -2.18. The number of nitrogens with zero attached hydrogens (tertiary/aromatic N) is 3. The minimum Gasteiger partial charge on any atom is -0.376 e. The molecule has 7 nitrogen and oxygen atoms in total. The first-order valence-electron chi connectivity index (χ1n) is 10.0. The van der Waals surface area contributed by atoms with Gasteiger partial charge in [-0.1, -0.05) is 30.0 Å². The van der Waals surface area contributed by atoms with Crippen molar-refractivity contribution in [2.45, 2.75) is 45.8 Å². The number of aromatic nitrogens is 2. The second kappa shape index (κ2) is 8.49. The summed E-state index contributed by atoms with van der Waals surface area (Å²) in [7, 11) is 0. The zero-order chi connectivity index (χ0) is 21.4. The van der Waals surface area contributed by atoms with E-state index < -0.39 is 0 Å². The van der Waals surface area contributed by atoms with E-state index in [1.807, 2.05) is 32.9 Å². The highest BCUT2D eigenvalue weighted by atomic mass is 32.2. The number of hydrogen-bond donors (Lipinski definition) is 1. The van der Waals surface area contributed by atoms with Crippen LogP contribution in [0.3, 0.4) is 0 Å². The molecule has 0 saturated carbocycles. The van der Waals surface area contributed by atoms with E-state index in [9.17, 15) is 9.59 Å². The van der Waals surface area contributed by atoms with Crippen LogP contribution in [0.4, 0.5) is 5.82 Å². The number of ether oxygens (including phenoxy) is 1. The van der Waals surface area contributed by atoms with Gasteiger partial charge in [0.25, 0.3) is 11.5 Å². The van der Waals surface area contributed by atoms with E-state index in [1.165, 1.54) is 16.2 Å². The van der Waals surface area contributed by atoms with E-state index in [1.54, 1.807) is 17.2 Å². The molecule has 4 heterocycles. The van der Waals surface area contributed by atoms with E-state index >= 15 is 0 Å². The normalized spacial score (nSPS) is 20.9. The highest BCUT2D eigenvalue weighted by molar-refractivity contribution is 8.26. The van der Waals surface area contributed by atoms with Crippen LogP contribution in [-0.2, 0) is 9.53 Å². The molecule has 2 aliphatic heterocycles. The molecule has 2 aromatic heterocycles. The summed E-state index contributed by atoms with van der Waals surface area (Å²) in [6, 6.07) is 3.69. The SMILES string of the molecule is Cc1cccn2c(=O)c(/C=C3\SC(=S)N(C(C)C)C3=O)c(NC[C@@H]3CCCO3)nc12. The van der Waals surface area contributed by atoms with E-state index in [4.69, 9.17) is 21.9 Å². The first-order chi connectivity index (χ1) is 14.4. The van der Waals surface area contributed by atoms with Crippen molar-refractivity contribution in [3.8, 4) is 0 Å². The van der Waals surface area contributed by atoms with Crippen molar-refractivity contribution in [2.75, 3.05) is 18.5 Å². The molecule has 158 valence electrons. The fraction of sp³-hybridized carbons (Fsp3) is 0.429. The first-order valence-corrected chi connectivity index (χ1v) is 11.2. The summed E-state index contributed by atoms with van der Waals surface area (Å²) in [5, 5.41) is 3.29. The maximum absolute atomic E-state index is 13.3. The number of thioether (sulfide) groups is 1. The minimum absolute atomic E-state index is 0.0426. The minimum atomic E-state index is -0.228. The molecule has 2 aliphatic rings. The van der Waals surface area contributed by atoms with Crippen LogP contribution in [0.1, 0.15) is 37.8 Å². The lowest BCUT2D eigenvalue weighted by atomic mass is 10.2. The third-order valence-corrected chi connectivity index (χ3v) is 6.55. The van der Waals surface area contributed by atoms with Crippen LogP contribution in [0.2, 0.25) is 0 Å². The third-order valence-electron chi connectivity index (χ3n) is 5.22. The summed E-state index contributed by atoms with van der Waals surface area (Å²) in [5.74, 6) is 0.276. The molecule has 4 rings (SSSR count). The smallest absolute Gasteiger partial charge is 0.267 e. The average molecular weight is 445 g/mol. The van der Waals surface area contributed by atoms with Crippen LogP contribution in [0.15, 0.2) is 28.0 Å². The largest absolute Gasteiger partial charge is 0.376 e. The second-order valence-electron chi connectivity index (χ2n) is 7.73. The van der Waals surface area contributed by atoms with Crippen LogP contribution >= 0.6 is 24.0 Å². The number of carbonyl (C=O) groups is 1. The number of amides is 1. The van der Waals surface area contributed by atoms with E-state index in [0.29, 0.717) is 32.8 Å². The van der Waals surface area contributed by atoms with E-state index in [2.05, 4.69) is 5.32 Å². The molecule has 0 spiro atoms. The van der Waals surface area contributed by atoms with Crippen LogP contribution in [0, 0.1) is 6.92 Å². The highest BCUT2D eigenvalue weighted by Gasteiger charge is 2.34. The Hall–Kier alpha value is -2.23. The standard InChI is InChI=1S/C21H24N4O3S2/c1-12(2)25-20(27)16(30-21(25)29)10-15-17(22-11-14-7-5-9-28-14)23-18-13(3)6-4-8-24(18)19(15)26/h4,6,8,10,12,14,22H,5,7,9,11H2,1-3H3/b16-10-/t14-/m0/s1. The molecule has 0 radical (unpaired) electrons. The van der Waals surface area contributed by atoms with Gasteiger partial charge in [-0.3, -0.25) is 18.9 Å². The van der Waals surface area contributed by atoms with Crippen molar-refractivity contribution in [2.24, 2.45) is 0 Å². The van der Waals surface area contributed by atoms with Crippen molar-refractivity contribution >= 4 is 51.7 Å². The average Bonchev–Trinajstić information content (AvgIpc) is 3.31. The van der Waals surface area contributed by atoms with Gasteiger partial charge in [0.05, 0.1) is 16.6 Å². The molecule has 2 fully saturated rings. The molecular formula is C21H24N4O3S2. The lowest BCUT2D eigenvalue weighted by Crippen LogP contribution is -2.34. The Bertz CT molecular complexity index is 1100. The van der Waals surface area contributed by atoms with Gasteiger partial charge >= 0.3 is 0 Å². The van der Waals surface area contributed by atoms with Crippen molar-refractivity contribution < 1.29 is 9.53 Å². The molecule has 9 heteroatoms. The number of hydrogen-bond acceptors (Lipinski definition) is 7. The highest BCUT2D eigenvalue weighted by Crippen LogP contribution is 2.34. The maximum Gasteiger partial charge on any atom is 0.267 e. The van der Waals surface area contributed by atoms with E-state index in [-0.39, 0.29) is 23.6 Å². The Kier molecular flexibility index (Phi) is 5.95. The number of fused-ring (bicyclic) bond motifs is 1. The number of thiocarbonyl (C=S) groups is 1. The number of anilines is 1. The molecule has 1 N–H and O–H groups in total. The molecule has 0 aromatic carbocycles. The fourth-order valence-corrected chi connectivity index (χ4v) is 5.15. The lowest BCUT2D eigenvalue weighted by molar-refractivity contribution is -0.123. The molecule has 0 unspecified atom stereocenters. The van der Waals surface area contributed by atoms with Gasteiger partial charge in [0.2, 0.25) is 0 Å². The van der Waals surface area contributed by atoms with Crippen LogP contribution in [0.25, 0.3) is 11.7 Å². The predicted octanol–water partition coefficient (Wildman–Crippen LogP) is 3.20. The molecule has 0 bridgehead atoms. The van der Waals surface area contributed by atoms with Crippen molar-refractivity contribution in [1.82, 2.24) is 14.3 Å².